The van der Waals surface area contributed by atoms with Crippen molar-refractivity contribution >= 4 is 28.0 Å². The standard InChI is InChI=1S/C22H31F2NO8S/c1-21(2,3)25-16-12-9-13(17(16)33-19(27)11-7-5-4-6-8-11)15(14(12)18(25)26)20(28)32-10-22(23,24)34(29,30)31/h11-17H,4-10H2,1-3H3,(H,29,30,31). The van der Waals surface area contributed by atoms with Gasteiger partial charge in [0.2, 0.25) is 5.91 Å². The Bertz CT molecular complexity index is 972. The molecule has 0 spiro atoms. The lowest BCUT2D eigenvalue weighted by Gasteiger charge is -2.40. The Morgan fingerprint density at radius 2 is 1.71 bits per heavy atom. The van der Waals surface area contributed by atoms with Crippen LogP contribution in [0.5, 0.6) is 0 Å². The number of rotatable bonds is 6. The molecule has 6 atom stereocenters. The molecule has 6 unspecified atom stereocenters. The van der Waals surface area contributed by atoms with Gasteiger partial charge in [-0.05, 0) is 46.0 Å². The molecule has 4 aliphatic rings. The largest absolute Gasteiger partial charge is 0.460 e. The summed E-state index contributed by atoms with van der Waals surface area (Å²) < 4.78 is 68.3. The lowest BCUT2D eigenvalue weighted by molar-refractivity contribution is -0.170. The maximum Gasteiger partial charge on any atom is 0.402 e. The van der Waals surface area contributed by atoms with E-state index < -0.39 is 63.4 Å². The van der Waals surface area contributed by atoms with Gasteiger partial charge in [0.05, 0.1) is 23.8 Å². The van der Waals surface area contributed by atoms with E-state index in [1.54, 1.807) is 4.90 Å². The summed E-state index contributed by atoms with van der Waals surface area (Å²) in [6, 6.07) is -0.418. The zero-order valence-electron chi connectivity index (χ0n) is 19.4. The molecule has 0 radical (unpaired) electrons. The van der Waals surface area contributed by atoms with E-state index in [0.29, 0.717) is 19.3 Å². The molecule has 3 aliphatic carbocycles. The summed E-state index contributed by atoms with van der Waals surface area (Å²) in [5, 5.41) is -4.67. The molecule has 0 aromatic heterocycles. The summed E-state index contributed by atoms with van der Waals surface area (Å²) in [5.74, 6) is -4.95. The number of fused-ring (bicyclic) bond motifs is 1. The maximum absolute atomic E-state index is 13.6. The van der Waals surface area contributed by atoms with Crippen molar-refractivity contribution in [3.8, 4) is 0 Å². The maximum atomic E-state index is 13.6. The Morgan fingerprint density at radius 1 is 1.09 bits per heavy atom. The molecule has 0 aromatic rings. The number of halogens is 2. The SMILES string of the molecule is CC(C)(C)N1C(=O)C2C3CC(C(OC(=O)C4CCCCC4)C31)C2C(=O)OCC(F)(F)S(=O)(=O)O. The molecule has 0 aromatic carbocycles. The molecule has 192 valence electrons. The van der Waals surface area contributed by atoms with Crippen molar-refractivity contribution in [2.45, 2.75) is 82.2 Å². The third-order valence-electron chi connectivity index (χ3n) is 7.82. The highest BCUT2D eigenvalue weighted by atomic mass is 32.2. The van der Waals surface area contributed by atoms with Crippen LogP contribution in [0.1, 0.15) is 59.3 Å². The van der Waals surface area contributed by atoms with E-state index in [4.69, 9.17) is 9.29 Å². The van der Waals surface area contributed by atoms with Crippen molar-refractivity contribution in [3.05, 3.63) is 0 Å². The number of esters is 2. The highest BCUT2D eigenvalue weighted by Gasteiger charge is 2.72. The molecule has 9 nitrogen and oxygen atoms in total. The fourth-order valence-electron chi connectivity index (χ4n) is 6.46. The van der Waals surface area contributed by atoms with Crippen molar-refractivity contribution in [2.24, 2.45) is 29.6 Å². The fraction of sp³-hybridized carbons (Fsp3) is 0.864. The average Bonchev–Trinajstić information content (AvgIpc) is 3.34. The second-order valence-corrected chi connectivity index (χ2v) is 12.5. The number of hydrogen-bond acceptors (Lipinski definition) is 7. The molecule has 4 rings (SSSR count). The fourth-order valence-corrected chi connectivity index (χ4v) is 6.67. The van der Waals surface area contributed by atoms with E-state index in [0.717, 1.165) is 19.3 Å². The molecule has 12 heteroatoms. The topological polar surface area (TPSA) is 127 Å². The number of carbonyl (C=O) groups excluding carboxylic acids is 3. The van der Waals surface area contributed by atoms with Crippen LogP contribution in [0.25, 0.3) is 0 Å². The first-order valence-electron chi connectivity index (χ1n) is 11.7. The first-order valence-corrected chi connectivity index (χ1v) is 13.1. The van der Waals surface area contributed by atoms with Crippen LogP contribution in [0.2, 0.25) is 0 Å². The molecular formula is C22H31F2NO8S. The summed E-state index contributed by atoms with van der Waals surface area (Å²) in [4.78, 5) is 40.9. The van der Waals surface area contributed by atoms with Crippen LogP contribution in [0.4, 0.5) is 8.78 Å². The van der Waals surface area contributed by atoms with Gasteiger partial charge in [-0.15, -0.1) is 0 Å². The van der Waals surface area contributed by atoms with Crippen LogP contribution in [-0.2, 0) is 34.0 Å². The normalized spacial score (nSPS) is 33.9. The molecule has 1 saturated heterocycles. The van der Waals surface area contributed by atoms with Crippen molar-refractivity contribution in [2.75, 3.05) is 6.61 Å². The van der Waals surface area contributed by atoms with Crippen molar-refractivity contribution in [3.63, 3.8) is 0 Å². The van der Waals surface area contributed by atoms with E-state index in [9.17, 15) is 31.6 Å². The van der Waals surface area contributed by atoms with Gasteiger partial charge < -0.3 is 14.4 Å². The van der Waals surface area contributed by atoms with Gasteiger partial charge in [0.25, 0.3) is 0 Å². The van der Waals surface area contributed by atoms with Crippen molar-refractivity contribution in [1.29, 1.82) is 0 Å². The molecule has 1 amide bonds. The Hall–Kier alpha value is -1.82. The average molecular weight is 508 g/mol. The predicted molar refractivity (Wildman–Crippen MR) is 113 cm³/mol. The summed E-state index contributed by atoms with van der Waals surface area (Å²) >= 11 is 0. The quantitative estimate of drug-likeness (QED) is 0.429. The van der Waals surface area contributed by atoms with E-state index in [2.05, 4.69) is 4.74 Å². The van der Waals surface area contributed by atoms with E-state index in [1.807, 2.05) is 20.8 Å². The van der Waals surface area contributed by atoms with Gasteiger partial charge in [-0.1, -0.05) is 19.3 Å². The number of ether oxygens (including phenoxy) is 2. The molecule has 1 aliphatic heterocycles. The van der Waals surface area contributed by atoms with Crippen LogP contribution in [-0.4, -0.2) is 65.3 Å². The first kappa shape index (κ1) is 25.3. The third kappa shape index (κ3) is 4.10. The second-order valence-electron chi connectivity index (χ2n) is 10.9. The van der Waals surface area contributed by atoms with Gasteiger partial charge in [-0.3, -0.25) is 18.9 Å². The van der Waals surface area contributed by atoms with E-state index in [-0.39, 0.29) is 23.7 Å². The monoisotopic (exact) mass is 507 g/mol. The molecule has 34 heavy (non-hydrogen) atoms. The number of alkyl halides is 2. The molecule has 4 fully saturated rings. The highest BCUT2D eigenvalue weighted by Crippen LogP contribution is 2.61. The van der Waals surface area contributed by atoms with Gasteiger partial charge in [0.15, 0.2) is 6.61 Å². The lowest BCUT2D eigenvalue weighted by atomic mass is 9.78. The Balaban J connectivity index is 1.59. The lowest BCUT2D eigenvalue weighted by Crippen LogP contribution is -2.53. The number of nitrogens with zero attached hydrogens (tertiary/aromatic N) is 1. The number of amides is 1. The summed E-state index contributed by atoms with van der Waals surface area (Å²) in [5.41, 5.74) is -0.629. The minimum absolute atomic E-state index is 0.247. The van der Waals surface area contributed by atoms with Crippen LogP contribution in [0, 0.1) is 29.6 Å². The van der Waals surface area contributed by atoms with Crippen LogP contribution in [0.15, 0.2) is 0 Å². The Labute approximate surface area is 197 Å². The zero-order chi connectivity index (χ0) is 25.2. The van der Waals surface area contributed by atoms with E-state index >= 15 is 0 Å². The van der Waals surface area contributed by atoms with Crippen molar-refractivity contribution in [1.82, 2.24) is 4.90 Å². The number of carbonyl (C=O) groups is 3. The van der Waals surface area contributed by atoms with Gasteiger partial charge in [0.1, 0.15) is 6.10 Å². The molecule has 1 N–H and O–H groups in total. The van der Waals surface area contributed by atoms with Crippen molar-refractivity contribution < 1.29 is 45.6 Å². The zero-order valence-corrected chi connectivity index (χ0v) is 20.2. The van der Waals surface area contributed by atoms with E-state index in [1.165, 1.54) is 0 Å². The van der Waals surface area contributed by atoms with Gasteiger partial charge in [-0.25, -0.2) is 0 Å². The minimum atomic E-state index is -5.78. The Morgan fingerprint density at radius 3 is 2.26 bits per heavy atom. The molecule has 1 heterocycles. The summed E-state index contributed by atoms with van der Waals surface area (Å²) in [6.07, 6.45) is 3.94. The third-order valence-corrected chi connectivity index (χ3v) is 8.69. The smallest absolute Gasteiger partial charge is 0.402 e. The Kier molecular flexibility index (Phi) is 6.24. The molecular weight excluding hydrogens is 476 g/mol. The first-order chi connectivity index (χ1) is 15.6. The highest BCUT2D eigenvalue weighted by molar-refractivity contribution is 7.86. The van der Waals surface area contributed by atoms with Crippen LogP contribution >= 0.6 is 0 Å². The predicted octanol–water partition coefficient (Wildman–Crippen LogP) is 2.39. The van der Waals surface area contributed by atoms with Gasteiger partial charge in [0, 0.05) is 11.5 Å². The van der Waals surface area contributed by atoms with Gasteiger partial charge >= 0.3 is 27.3 Å². The number of likely N-dealkylation sites (tertiary alicyclic amines) is 1. The summed E-state index contributed by atoms with van der Waals surface area (Å²) in [6.45, 7) is 3.65. The van der Waals surface area contributed by atoms with Gasteiger partial charge in [-0.2, -0.15) is 17.2 Å². The minimum Gasteiger partial charge on any atom is -0.460 e. The molecule has 3 saturated carbocycles. The van der Waals surface area contributed by atoms with Crippen LogP contribution < -0.4 is 0 Å². The second kappa shape index (κ2) is 8.39. The summed E-state index contributed by atoms with van der Waals surface area (Å²) in [7, 11) is -5.78. The molecule has 2 bridgehead atoms. The van der Waals surface area contributed by atoms with Crippen LogP contribution in [0.3, 0.4) is 0 Å². The number of hydrogen-bond donors (Lipinski definition) is 1.